The number of nitrogens with one attached hydrogen (secondary N) is 3. The second-order valence-corrected chi connectivity index (χ2v) is 6.17. The largest absolute Gasteiger partial charge is 0.381 e. The van der Waals surface area contributed by atoms with Gasteiger partial charge in [0.25, 0.3) is 5.91 Å². The average molecular weight is 359 g/mol. The van der Waals surface area contributed by atoms with Crippen LogP contribution in [0.4, 0.5) is 20.2 Å². The summed E-state index contributed by atoms with van der Waals surface area (Å²) in [6, 6.07) is 7.06. The minimum atomic E-state index is -0.916. The Balaban J connectivity index is 1.79. The van der Waals surface area contributed by atoms with Crippen LogP contribution < -0.4 is 10.6 Å². The smallest absolute Gasteiger partial charge is 0.258 e. The van der Waals surface area contributed by atoms with Crippen molar-refractivity contribution in [3.63, 3.8) is 0 Å². The quantitative estimate of drug-likeness (QED) is 0.632. The molecule has 3 aromatic rings. The third-order valence-electron chi connectivity index (χ3n) is 3.88. The van der Waals surface area contributed by atoms with Gasteiger partial charge >= 0.3 is 0 Å². The van der Waals surface area contributed by atoms with E-state index in [4.69, 9.17) is 0 Å². The number of fused-ring (bicyclic) bond motifs is 1. The Morgan fingerprint density at radius 3 is 2.77 bits per heavy atom. The molecule has 0 spiro atoms. The molecule has 0 fully saturated rings. The maximum Gasteiger partial charge on any atom is 0.258 e. The fourth-order valence-electron chi connectivity index (χ4n) is 2.49. The first-order valence-electron chi connectivity index (χ1n) is 8.06. The van der Waals surface area contributed by atoms with Crippen molar-refractivity contribution in [3.8, 4) is 0 Å². The highest BCUT2D eigenvalue weighted by Crippen LogP contribution is 2.22. The summed E-state index contributed by atoms with van der Waals surface area (Å²) in [5.74, 6) is -2.31. The van der Waals surface area contributed by atoms with E-state index >= 15 is 0 Å². The van der Waals surface area contributed by atoms with Crippen molar-refractivity contribution in [3.05, 3.63) is 53.7 Å². The van der Waals surface area contributed by atoms with Gasteiger partial charge in [0.15, 0.2) is 0 Å². The number of carbonyl (C=O) groups is 1. The Hall–Kier alpha value is -3.00. The minimum Gasteiger partial charge on any atom is -0.381 e. The number of aromatic nitrogens is 2. The van der Waals surface area contributed by atoms with E-state index in [-0.39, 0.29) is 11.3 Å². The van der Waals surface area contributed by atoms with Crippen LogP contribution in [0.3, 0.4) is 0 Å². The first-order chi connectivity index (χ1) is 12.4. The van der Waals surface area contributed by atoms with Crippen molar-refractivity contribution >= 4 is 28.2 Å². The summed E-state index contributed by atoms with van der Waals surface area (Å²) in [4.78, 5) is 14.3. The summed E-state index contributed by atoms with van der Waals surface area (Å²) < 4.78 is 28.0. The number of amides is 1. The van der Waals surface area contributed by atoms with Gasteiger partial charge in [-0.3, -0.25) is 9.89 Å². The van der Waals surface area contributed by atoms with Crippen LogP contribution >= 0.6 is 0 Å². The zero-order valence-electron chi connectivity index (χ0n) is 14.4. The van der Waals surface area contributed by atoms with Gasteiger partial charge in [0.05, 0.1) is 23.0 Å². The van der Waals surface area contributed by atoms with Crippen molar-refractivity contribution in [2.75, 3.05) is 37.8 Å². The molecule has 1 aromatic heterocycles. The number of hydrogen-bond acceptors (Lipinski definition) is 4. The van der Waals surface area contributed by atoms with Gasteiger partial charge in [-0.1, -0.05) is 0 Å². The first kappa shape index (κ1) is 17.8. The van der Waals surface area contributed by atoms with E-state index in [9.17, 15) is 13.6 Å². The number of anilines is 2. The molecule has 26 heavy (non-hydrogen) atoms. The number of halogens is 2. The molecule has 3 N–H and O–H groups in total. The lowest BCUT2D eigenvalue weighted by atomic mass is 10.1. The highest BCUT2D eigenvalue weighted by atomic mass is 19.1. The molecule has 0 unspecified atom stereocenters. The monoisotopic (exact) mass is 359 g/mol. The normalized spacial score (nSPS) is 11.1. The molecular weight excluding hydrogens is 340 g/mol. The molecule has 6 nitrogen and oxygen atoms in total. The van der Waals surface area contributed by atoms with Crippen molar-refractivity contribution in [1.29, 1.82) is 0 Å². The van der Waals surface area contributed by atoms with Gasteiger partial charge in [-0.15, -0.1) is 0 Å². The fourth-order valence-corrected chi connectivity index (χ4v) is 2.49. The Labute approximate surface area is 149 Å². The lowest BCUT2D eigenvalue weighted by molar-refractivity contribution is 0.102. The molecule has 0 saturated heterocycles. The summed E-state index contributed by atoms with van der Waals surface area (Å²) in [6.45, 7) is 1.13. The van der Waals surface area contributed by atoms with Crippen molar-refractivity contribution in [2.45, 2.75) is 0 Å². The lowest BCUT2D eigenvalue weighted by Crippen LogP contribution is -2.21. The van der Waals surface area contributed by atoms with E-state index in [1.54, 1.807) is 24.4 Å². The van der Waals surface area contributed by atoms with E-state index in [1.165, 1.54) is 6.07 Å². The zero-order valence-corrected chi connectivity index (χ0v) is 14.4. The van der Waals surface area contributed by atoms with Gasteiger partial charge in [0.2, 0.25) is 0 Å². The SMILES string of the molecule is CN(C)CCNc1cc(C(=O)Nc2ccc3cn[nH]c3c2)c(F)cc1F. The van der Waals surface area contributed by atoms with Gasteiger partial charge in [-0.2, -0.15) is 5.10 Å². The molecule has 2 aromatic carbocycles. The second-order valence-electron chi connectivity index (χ2n) is 6.17. The number of likely N-dealkylation sites (N-methyl/N-ethyl adjacent to an activating group) is 1. The standard InChI is InChI=1S/C18H19F2N5O/c1-25(2)6-5-21-17-8-13(14(19)9-15(17)20)18(26)23-12-4-3-11-10-22-24-16(11)7-12/h3-4,7-10,21H,5-6H2,1-2H3,(H,22,24)(H,23,26). The van der Waals surface area contributed by atoms with Crippen LogP contribution in [0.15, 0.2) is 36.5 Å². The number of rotatable bonds is 6. The van der Waals surface area contributed by atoms with Gasteiger partial charge in [0.1, 0.15) is 11.6 Å². The Kier molecular flexibility index (Phi) is 5.13. The third kappa shape index (κ3) is 3.97. The molecule has 1 heterocycles. The second kappa shape index (κ2) is 7.49. The number of H-pyrrole nitrogens is 1. The molecule has 0 aliphatic rings. The molecule has 136 valence electrons. The Bertz CT molecular complexity index is 938. The maximum absolute atomic E-state index is 14.1. The molecule has 3 rings (SSSR count). The third-order valence-corrected chi connectivity index (χ3v) is 3.88. The Morgan fingerprint density at radius 2 is 2.00 bits per heavy atom. The van der Waals surface area contributed by atoms with E-state index in [0.717, 1.165) is 10.9 Å². The molecule has 0 saturated carbocycles. The van der Waals surface area contributed by atoms with Crippen LogP contribution in [0, 0.1) is 11.6 Å². The number of hydrogen-bond donors (Lipinski definition) is 3. The molecular formula is C18H19F2N5O. The number of aromatic amines is 1. The number of benzene rings is 2. The summed E-state index contributed by atoms with van der Waals surface area (Å²) in [6.07, 6.45) is 1.66. The van der Waals surface area contributed by atoms with Crippen LogP contribution in [-0.2, 0) is 0 Å². The molecule has 0 bridgehead atoms. The average Bonchev–Trinajstić information content (AvgIpc) is 3.04. The highest BCUT2D eigenvalue weighted by Gasteiger charge is 2.16. The predicted octanol–water partition coefficient (Wildman–Crippen LogP) is 3.07. The molecule has 0 atom stereocenters. The van der Waals surface area contributed by atoms with Crippen molar-refractivity contribution < 1.29 is 13.6 Å². The number of nitrogens with zero attached hydrogens (tertiary/aromatic N) is 2. The summed E-state index contributed by atoms with van der Waals surface area (Å²) in [5, 5.41) is 13.1. The number of carbonyl (C=O) groups excluding carboxylic acids is 1. The maximum atomic E-state index is 14.1. The molecule has 0 aliphatic carbocycles. The van der Waals surface area contributed by atoms with Crippen LogP contribution in [0.25, 0.3) is 10.9 Å². The van der Waals surface area contributed by atoms with E-state index in [2.05, 4.69) is 20.8 Å². The van der Waals surface area contributed by atoms with Gasteiger partial charge in [-0.05, 0) is 38.4 Å². The van der Waals surface area contributed by atoms with Gasteiger partial charge in [0, 0.05) is 30.2 Å². The summed E-state index contributed by atoms with van der Waals surface area (Å²) in [5.41, 5.74) is 1.08. The van der Waals surface area contributed by atoms with Crippen LogP contribution in [0.5, 0.6) is 0 Å². The van der Waals surface area contributed by atoms with Crippen LogP contribution in [0.1, 0.15) is 10.4 Å². The topological polar surface area (TPSA) is 73.1 Å². The summed E-state index contributed by atoms with van der Waals surface area (Å²) in [7, 11) is 3.77. The molecule has 0 aliphatic heterocycles. The Morgan fingerprint density at radius 1 is 1.19 bits per heavy atom. The van der Waals surface area contributed by atoms with Crippen LogP contribution in [-0.4, -0.2) is 48.2 Å². The van der Waals surface area contributed by atoms with Crippen molar-refractivity contribution in [1.82, 2.24) is 15.1 Å². The lowest BCUT2D eigenvalue weighted by Gasteiger charge is -2.13. The molecule has 1 amide bonds. The van der Waals surface area contributed by atoms with Crippen molar-refractivity contribution in [2.24, 2.45) is 0 Å². The van der Waals surface area contributed by atoms with E-state index in [0.29, 0.717) is 24.8 Å². The first-order valence-corrected chi connectivity index (χ1v) is 8.06. The molecule has 8 heteroatoms. The highest BCUT2D eigenvalue weighted by molar-refractivity contribution is 6.05. The summed E-state index contributed by atoms with van der Waals surface area (Å²) >= 11 is 0. The van der Waals surface area contributed by atoms with E-state index < -0.39 is 17.5 Å². The minimum absolute atomic E-state index is 0.0856. The van der Waals surface area contributed by atoms with Gasteiger partial charge < -0.3 is 15.5 Å². The predicted molar refractivity (Wildman–Crippen MR) is 97.4 cm³/mol. The van der Waals surface area contributed by atoms with E-state index in [1.807, 2.05) is 19.0 Å². The van der Waals surface area contributed by atoms with Gasteiger partial charge in [-0.25, -0.2) is 8.78 Å². The molecule has 0 radical (unpaired) electrons. The van der Waals surface area contributed by atoms with Crippen LogP contribution in [0.2, 0.25) is 0 Å². The zero-order chi connectivity index (χ0) is 18.7. The fraction of sp³-hybridized carbons (Fsp3) is 0.222.